The van der Waals surface area contributed by atoms with Gasteiger partial charge in [-0.2, -0.15) is 0 Å². The Kier molecular flexibility index (Phi) is 5.35. The predicted molar refractivity (Wildman–Crippen MR) is 50.7 cm³/mol. The Balaban J connectivity index is 1.92. The minimum absolute atomic E-state index is 0.257. The Bertz CT molecular complexity index is 119. The van der Waals surface area contributed by atoms with Crippen LogP contribution in [0, 0.1) is 0 Å². The molecule has 1 rings (SSSR count). The molecule has 2 atom stereocenters. The summed E-state index contributed by atoms with van der Waals surface area (Å²) < 4.78 is 10.9. The fraction of sp³-hybridized carbons (Fsp3) is 1.00. The monoisotopic (exact) mass is 188 g/mol. The first-order valence-corrected chi connectivity index (χ1v) is 5.16. The molecule has 1 aliphatic heterocycles. The van der Waals surface area contributed by atoms with E-state index in [1.54, 1.807) is 6.92 Å². The minimum Gasteiger partial charge on any atom is -0.393 e. The lowest BCUT2D eigenvalue weighted by Gasteiger charge is -2.22. The van der Waals surface area contributed by atoms with E-state index in [9.17, 15) is 0 Å². The van der Waals surface area contributed by atoms with Gasteiger partial charge in [0, 0.05) is 13.2 Å². The van der Waals surface area contributed by atoms with E-state index in [4.69, 9.17) is 14.6 Å². The minimum atomic E-state index is -0.257. The molecule has 0 aromatic carbocycles. The molecule has 1 heterocycles. The highest BCUT2D eigenvalue weighted by Crippen LogP contribution is 2.12. The Morgan fingerprint density at radius 1 is 1.54 bits per heavy atom. The summed E-state index contributed by atoms with van der Waals surface area (Å²) in [7, 11) is 0. The van der Waals surface area contributed by atoms with Gasteiger partial charge in [0.05, 0.1) is 18.8 Å². The Hall–Kier alpha value is -0.120. The van der Waals surface area contributed by atoms with E-state index < -0.39 is 0 Å². The quantitative estimate of drug-likeness (QED) is 0.662. The molecule has 0 amide bonds. The van der Waals surface area contributed by atoms with E-state index in [2.05, 4.69) is 0 Å². The number of aliphatic hydroxyl groups is 1. The van der Waals surface area contributed by atoms with Crippen LogP contribution in [0.2, 0.25) is 0 Å². The molecule has 1 aliphatic rings. The van der Waals surface area contributed by atoms with Crippen molar-refractivity contribution in [3.05, 3.63) is 0 Å². The maximum absolute atomic E-state index is 8.98. The highest BCUT2D eigenvalue weighted by atomic mass is 16.5. The molecule has 2 unspecified atom stereocenters. The number of aliphatic hydroxyl groups excluding tert-OH is 1. The molecule has 3 heteroatoms. The lowest BCUT2D eigenvalue weighted by Crippen LogP contribution is -2.24. The second-order valence-electron chi connectivity index (χ2n) is 3.70. The first-order chi connectivity index (χ1) is 6.29. The molecule has 1 fully saturated rings. The fourth-order valence-corrected chi connectivity index (χ4v) is 1.41. The van der Waals surface area contributed by atoms with Crippen LogP contribution in [0.25, 0.3) is 0 Å². The largest absolute Gasteiger partial charge is 0.393 e. The Morgan fingerprint density at radius 3 is 3.00 bits per heavy atom. The van der Waals surface area contributed by atoms with Crippen molar-refractivity contribution in [1.82, 2.24) is 0 Å². The predicted octanol–water partition coefficient (Wildman–Crippen LogP) is 1.34. The summed E-state index contributed by atoms with van der Waals surface area (Å²) >= 11 is 0. The van der Waals surface area contributed by atoms with Gasteiger partial charge < -0.3 is 14.6 Å². The standard InChI is InChI=1S/C10H20O3/c1-9(11)5-7-12-8-10-4-2-3-6-13-10/h9-11H,2-8H2,1H3. The van der Waals surface area contributed by atoms with E-state index in [1.807, 2.05) is 0 Å². The smallest absolute Gasteiger partial charge is 0.0808 e. The molecule has 1 saturated heterocycles. The van der Waals surface area contributed by atoms with Crippen molar-refractivity contribution in [2.45, 2.75) is 44.8 Å². The average Bonchev–Trinajstić information content (AvgIpc) is 2.14. The lowest BCUT2D eigenvalue weighted by atomic mass is 10.1. The number of ether oxygens (including phenoxy) is 2. The van der Waals surface area contributed by atoms with E-state index in [0.717, 1.165) is 13.0 Å². The molecule has 1 N–H and O–H groups in total. The molecule has 0 spiro atoms. The van der Waals surface area contributed by atoms with E-state index in [0.29, 0.717) is 25.7 Å². The van der Waals surface area contributed by atoms with Crippen molar-refractivity contribution >= 4 is 0 Å². The Labute approximate surface area is 80.0 Å². The summed E-state index contributed by atoms with van der Waals surface area (Å²) in [6.07, 6.45) is 4.31. The third-order valence-electron chi connectivity index (χ3n) is 2.26. The molecule has 0 aromatic heterocycles. The second kappa shape index (κ2) is 6.35. The van der Waals surface area contributed by atoms with Gasteiger partial charge >= 0.3 is 0 Å². The van der Waals surface area contributed by atoms with Crippen LogP contribution in [0.5, 0.6) is 0 Å². The van der Waals surface area contributed by atoms with Crippen molar-refractivity contribution in [2.75, 3.05) is 19.8 Å². The fourth-order valence-electron chi connectivity index (χ4n) is 1.41. The Morgan fingerprint density at radius 2 is 2.38 bits per heavy atom. The van der Waals surface area contributed by atoms with Crippen LogP contribution in [0.4, 0.5) is 0 Å². The lowest BCUT2D eigenvalue weighted by molar-refractivity contribution is -0.0444. The topological polar surface area (TPSA) is 38.7 Å². The van der Waals surface area contributed by atoms with Crippen LogP contribution < -0.4 is 0 Å². The summed E-state index contributed by atoms with van der Waals surface area (Å²) in [6.45, 7) is 3.98. The zero-order chi connectivity index (χ0) is 9.52. The first-order valence-electron chi connectivity index (χ1n) is 5.16. The summed E-state index contributed by atoms with van der Waals surface area (Å²) in [5, 5.41) is 8.98. The third-order valence-corrected chi connectivity index (χ3v) is 2.26. The summed E-state index contributed by atoms with van der Waals surface area (Å²) in [6, 6.07) is 0. The van der Waals surface area contributed by atoms with Crippen molar-refractivity contribution in [1.29, 1.82) is 0 Å². The molecule has 0 aliphatic carbocycles. The maximum atomic E-state index is 8.98. The maximum Gasteiger partial charge on any atom is 0.0808 e. The zero-order valence-electron chi connectivity index (χ0n) is 8.37. The van der Waals surface area contributed by atoms with Crippen LogP contribution in [-0.2, 0) is 9.47 Å². The molecule has 0 aromatic rings. The van der Waals surface area contributed by atoms with Gasteiger partial charge in [-0.1, -0.05) is 0 Å². The molecular formula is C10H20O3. The van der Waals surface area contributed by atoms with Crippen LogP contribution in [-0.4, -0.2) is 37.1 Å². The van der Waals surface area contributed by atoms with Crippen LogP contribution in [0.3, 0.4) is 0 Å². The van der Waals surface area contributed by atoms with E-state index in [-0.39, 0.29) is 6.10 Å². The average molecular weight is 188 g/mol. The van der Waals surface area contributed by atoms with Gasteiger partial charge in [-0.3, -0.25) is 0 Å². The van der Waals surface area contributed by atoms with Crippen LogP contribution in [0.1, 0.15) is 32.6 Å². The second-order valence-corrected chi connectivity index (χ2v) is 3.70. The number of hydrogen-bond acceptors (Lipinski definition) is 3. The van der Waals surface area contributed by atoms with Gasteiger partial charge in [0.1, 0.15) is 0 Å². The van der Waals surface area contributed by atoms with Gasteiger partial charge in [0.25, 0.3) is 0 Å². The molecule has 0 radical (unpaired) electrons. The molecule has 78 valence electrons. The summed E-state index contributed by atoms with van der Waals surface area (Å²) in [5.41, 5.74) is 0. The van der Waals surface area contributed by atoms with Crippen LogP contribution in [0.15, 0.2) is 0 Å². The first kappa shape index (κ1) is 11.0. The summed E-state index contributed by atoms with van der Waals surface area (Å²) in [4.78, 5) is 0. The van der Waals surface area contributed by atoms with Crippen molar-refractivity contribution in [2.24, 2.45) is 0 Å². The third kappa shape index (κ3) is 5.24. The molecular weight excluding hydrogens is 168 g/mol. The number of hydrogen-bond donors (Lipinski definition) is 1. The number of rotatable bonds is 5. The molecule has 13 heavy (non-hydrogen) atoms. The summed E-state index contributed by atoms with van der Waals surface area (Å²) in [5.74, 6) is 0. The van der Waals surface area contributed by atoms with Gasteiger partial charge in [0.2, 0.25) is 0 Å². The van der Waals surface area contributed by atoms with Gasteiger partial charge in [-0.05, 0) is 32.6 Å². The van der Waals surface area contributed by atoms with Gasteiger partial charge in [-0.25, -0.2) is 0 Å². The van der Waals surface area contributed by atoms with Gasteiger partial charge in [0.15, 0.2) is 0 Å². The zero-order valence-corrected chi connectivity index (χ0v) is 8.37. The molecule has 0 saturated carbocycles. The van der Waals surface area contributed by atoms with Crippen LogP contribution >= 0.6 is 0 Å². The normalized spacial score (nSPS) is 25.8. The SMILES string of the molecule is CC(O)CCOCC1CCCCO1. The van der Waals surface area contributed by atoms with Crippen molar-refractivity contribution in [3.8, 4) is 0 Å². The van der Waals surface area contributed by atoms with E-state index in [1.165, 1.54) is 12.8 Å². The van der Waals surface area contributed by atoms with E-state index >= 15 is 0 Å². The molecule has 3 nitrogen and oxygen atoms in total. The van der Waals surface area contributed by atoms with Gasteiger partial charge in [-0.15, -0.1) is 0 Å². The molecule has 0 bridgehead atoms. The van der Waals surface area contributed by atoms with Crippen molar-refractivity contribution < 1.29 is 14.6 Å². The van der Waals surface area contributed by atoms with Crippen molar-refractivity contribution in [3.63, 3.8) is 0 Å². The highest BCUT2D eigenvalue weighted by Gasteiger charge is 2.13. The highest BCUT2D eigenvalue weighted by molar-refractivity contribution is 4.62.